The molecule has 3 nitrogen and oxygen atoms in total. The fourth-order valence-electron chi connectivity index (χ4n) is 2.34. The van der Waals surface area contributed by atoms with Crippen LogP contribution in [0.1, 0.15) is 17.7 Å². The maximum Gasteiger partial charge on any atom is 0.404 e. The molecule has 1 fully saturated rings. The zero-order valence-corrected chi connectivity index (χ0v) is 11.9. The van der Waals surface area contributed by atoms with Gasteiger partial charge in [0.25, 0.3) is 0 Å². The van der Waals surface area contributed by atoms with Crippen LogP contribution >= 0.6 is 11.8 Å². The first-order valence-corrected chi connectivity index (χ1v) is 7.41. The van der Waals surface area contributed by atoms with Gasteiger partial charge in [-0.15, -0.1) is 0 Å². The standard InChI is InChI=1S/C12H18F3N3S/c1-9-10(6-17(2)16-9)7-18-4-3-5-19-8-11(18)12(13,14)15/h6,11H,3-5,7-8H2,1-2H3. The lowest BCUT2D eigenvalue weighted by Gasteiger charge is -2.30. The number of hydrogen-bond acceptors (Lipinski definition) is 3. The first-order valence-electron chi connectivity index (χ1n) is 6.25. The van der Waals surface area contributed by atoms with Gasteiger partial charge < -0.3 is 0 Å². The predicted molar refractivity (Wildman–Crippen MR) is 70.1 cm³/mol. The quantitative estimate of drug-likeness (QED) is 0.836. The highest BCUT2D eigenvalue weighted by atomic mass is 32.2. The lowest BCUT2D eigenvalue weighted by atomic mass is 10.2. The van der Waals surface area contributed by atoms with Crippen LogP contribution < -0.4 is 0 Å². The highest BCUT2D eigenvalue weighted by Gasteiger charge is 2.44. The monoisotopic (exact) mass is 293 g/mol. The summed E-state index contributed by atoms with van der Waals surface area (Å²) in [6.45, 7) is 2.65. The molecule has 0 aliphatic carbocycles. The van der Waals surface area contributed by atoms with Crippen LogP contribution in [0.2, 0.25) is 0 Å². The summed E-state index contributed by atoms with van der Waals surface area (Å²) >= 11 is 1.39. The van der Waals surface area contributed by atoms with E-state index in [-0.39, 0.29) is 5.75 Å². The van der Waals surface area contributed by atoms with Crippen molar-refractivity contribution in [3.8, 4) is 0 Å². The third-order valence-corrected chi connectivity index (χ3v) is 4.45. The van der Waals surface area contributed by atoms with E-state index in [1.807, 2.05) is 6.92 Å². The van der Waals surface area contributed by atoms with Gasteiger partial charge in [0.15, 0.2) is 0 Å². The Kier molecular flexibility index (Phi) is 4.45. The smallest absolute Gasteiger partial charge is 0.287 e. The van der Waals surface area contributed by atoms with Crippen LogP contribution in [0.3, 0.4) is 0 Å². The van der Waals surface area contributed by atoms with Crippen LogP contribution in [-0.4, -0.2) is 44.9 Å². The lowest BCUT2D eigenvalue weighted by molar-refractivity contribution is -0.178. The minimum absolute atomic E-state index is 0.128. The Morgan fingerprint density at radius 2 is 2.21 bits per heavy atom. The molecule has 0 amide bonds. The molecule has 0 radical (unpaired) electrons. The third kappa shape index (κ3) is 3.66. The van der Waals surface area contributed by atoms with Crippen molar-refractivity contribution < 1.29 is 13.2 Å². The second kappa shape index (κ2) is 5.75. The SMILES string of the molecule is Cc1nn(C)cc1CN1CCCSCC1C(F)(F)F. The minimum Gasteiger partial charge on any atom is -0.287 e. The topological polar surface area (TPSA) is 21.1 Å². The van der Waals surface area contributed by atoms with E-state index in [4.69, 9.17) is 0 Å². The Labute approximate surface area is 115 Å². The van der Waals surface area contributed by atoms with Gasteiger partial charge in [-0.05, 0) is 25.6 Å². The van der Waals surface area contributed by atoms with Crippen LogP contribution in [-0.2, 0) is 13.6 Å². The van der Waals surface area contributed by atoms with Crippen molar-refractivity contribution in [2.75, 3.05) is 18.1 Å². The van der Waals surface area contributed by atoms with Crippen molar-refractivity contribution in [1.29, 1.82) is 0 Å². The zero-order chi connectivity index (χ0) is 14.0. The van der Waals surface area contributed by atoms with Crippen LogP contribution in [0.25, 0.3) is 0 Å². The molecule has 1 aromatic rings. The molecule has 1 unspecified atom stereocenters. The van der Waals surface area contributed by atoms with Crippen LogP contribution in [0.15, 0.2) is 6.20 Å². The van der Waals surface area contributed by atoms with Gasteiger partial charge in [-0.2, -0.15) is 30.0 Å². The molecule has 0 bridgehead atoms. The van der Waals surface area contributed by atoms with Crippen molar-refractivity contribution >= 4 is 11.8 Å². The average Bonchev–Trinajstić information content (AvgIpc) is 2.52. The Hall–Kier alpha value is -0.690. The van der Waals surface area contributed by atoms with Gasteiger partial charge in [-0.25, -0.2) is 0 Å². The highest BCUT2D eigenvalue weighted by molar-refractivity contribution is 7.99. The molecule has 1 aliphatic rings. The van der Waals surface area contributed by atoms with E-state index in [1.54, 1.807) is 22.8 Å². The Balaban J connectivity index is 2.16. The van der Waals surface area contributed by atoms with Gasteiger partial charge in [-0.1, -0.05) is 0 Å². The first-order chi connectivity index (χ1) is 8.88. The highest BCUT2D eigenvalue weighted by Crippen LogP contribution is 2.31. The van der Waals surface area contributed by atoms with Gasteiger partial charge in [0, 0.05) is 31.1 Å². The number of aryl methyl sites for hydroxylation is 2. The van der Waals surface area contributed by atoms with Gasteiger partial charge in [-0.3, -0.25) is 9.58 Å². The molecule has 1 aromatic heterocycles. The molecule has 1 aliphatic heterocycles. The lowest BCUT2D eigenvalue weighted by Crippen LogP contribution is -2.46. The molecule has 0 aromatic carbocycles. The van der Waals surface area contributed by atoms with Crippen molar-refractivity contribution in [2.24, 2.45) is 7.05 Å². The summed E-state index contributed by atoms with van der Waals surface area (Å²) in [4.78, 5) is 1.55. The fraction of sp³-hybridized carbons (Fsp3) is 0.750. The molecule has 0 spiro atoms. The number of halogens is 3. The summed E-state index contributed by atoms with van der Waals surface area (Å²) in [6.07, 6.45) is -1.55. The number of alkyl halides is 3. The number of aromatic nitrogens is 2. The van der Waals surface area contributed by atoms with E-state index in [1.165, 1.54) is 11.8 Å². The van der Waals surface area contributed by atoms with Crippen LogP contribution in [0.5, 0.6) is 0 Å². The summed E-state index contributed by atoms with van der Waals surface area (Å²) in [5, 5.41) is 4.19. The third-order valence-electron chi connectivity index (χ3n) is 3.32. The Bertz CT molecular complexity index is 430. The molecule has 0 saturated carbocycles. The Morgan fingerprint density at radius 3 is 2.79 bits per heavy atom. The second-order valence-electron chi connectivity index (χ2n) is 4.87. The molecule has 0 N–H and O–H groups in total. The van der Waals surface area contributed by atoms with Crippen molar-refractivity contribution in [3.05, 3.63) is 17.5 Å². The second-order valence-corrected chi connectivity index (χ2v) is 6.02. The maximum absolute atomic E-state index is 13.1. The van der Waals surface area contributed by atoms with Crippen molar-refractivity contribution in [1.82, 2.24) is 14.7 Å². The maximum atomic E-state index is 13.1. The number of nitrogens with zero attached hydrogens (tertiary/aromatic N) is 3. The normalized spacial score (nSPS) is 22.5. The summed E-state index contributed by atoms with van der Waals surface area (Å²) < 4.78 is 41.0. The van der Waals surface area contributed by atoms with E-state index < -0.39 is 12.2 Å². The predicted octanol–water partition coefficient (Wildman–Crippen LogP) is 2.60. The van der Waals surface area contributed by atoms with E-state index in [0.717, 1.165) is 23.4 Å². The molecular formula is C12H18F3N3S. The minimum atomic E-state index is -4.16. The fourth-order valence-corrected chi connectivity index (χ4v) is 3.46. The molecule has 2 heterocycles. The van der Waals surface area contributed by atoms with Gasteiger partial charge in [0.1, 0.15) is 6.04 Å². The van der Waals surface area contributed by atoms with Crippen molar-refractivity contribution in [2.45, 2.75) is 32.1 Å². The van der Waals surface area contributed by atoms with E-state index >= 15 is 0 Å². The molecule has 108 valence electrons. The molecule has 2 rings (SSSR count). The summed E-state index contributed by atoms with van der Waals surface area (Å²) in [6, 6.07) is -1.35. The van der Waals surface area contributed by atoms with E-state index in [2.05, 4.69) is 5.10 Å². The summed E-state index contributed by atoms with van der Waals surface area (Å²) in [7, 11) is 1.79. The Morgan fingerprint density at radius 1 is 1.47 bits per heavy atom. The van der Waals surface area contributed by atoms with Gasteiger partial charge in [0.05, 0.1) is 5.69 Å². The van der Waals surface area contributed by atoms with Crippen LogP contribution in [0, 0.1) is 6.92 Å². The van der Waals surface area contributed by atoms with E-state index in [9.17, 15) is 13.2 Å². The van der Waals surface area contributed by atoms with E-state index in [0.29, 0.717) is 13.1 Å². The molecule has 7 heteroatoms. The summed E-state index contributed by atoms with van der Waals surface area (Å²) in [5.74, 6) is 0.928. The molecule has 1 saturated heterocycles. The molecular weight excluding hydrogens is 275 g/mol. The van der Waals surface area contributed by atoms with Gasteiger partial charge in [0.2, 0.25) is 0 Å². The zero-order valence-electron chi connectivity index (χ0n) is 11.1. The largest absolute Gasteiger partial charge is 0.404 e. The number of rotatable bonds is 2. The number of thioether (sulfide) groups is 1. The van der Waals surface area contributed by atoms with Gasteiger partial charge >= 0.3 is 6.18 Å². The number of hydrogen-bond donors (Lipinski definition) is 0. The summed E-state index contributed by atoms with van der Waals surface area (Å²) in [5.41, 5.74) is 1.68. The van der Waals surface area contributed by atoms with Crippen molar-refractivity contribution in [3.63, 3.8) is 0 Å². The molecule has 19 heavy (non-hydrogen) atoms. The molecule has 1 atom stereocenters. The van der Waals surface area contributed by atoms with Crippen LogP contribution in [0.4, 0.5) is 13.2 Å². The average molecular weight is 293 g/mol. The first kappa shape index (κ1) is 14.7.